The number of rotatable bonds is 7. The highest BCUT2D eigenvalue weighted by atomic mass is 35.5. The molecule has 0 spiro atoms. The first-order valence-corrected chi connectivity index (χ1v) is 8.37. The number of nitrogens with one attached hydrogen (secondary N) is 1. The maximum atomic E-state index is 12.2. The number of thiophene rings is 1. The first-order valence-electron chi connectivity index (χ1n) is 7.49. The van der Waals surface area contributed by atoms with Crippen LogP contribution in [0.2, 0.25) is 0 Å². The largest absolute Gasteiger partial charge is 0.349 e. The molecule has 2 rings (SSSR count). The third kappa shape index (κ3) is 4.31. The summed E-state index contributed by atoms with van der Waals surface area (Å²) in [4.78, 5) is 29.3. The van der Waals surface area contributed by atoms with E-state index >= 15 is 0 Å². The van der Waals surface area contributed by atoms with Crippen molar-refractivity contribution in [3.05, 3.63) is 28.1 Å². The van der Waals surface area contributed by atoms with E-state index in [-0.39, 0.29) is 35.8 Å². The van der Waals surface area contributed by atoms with Gasteiger partial charge in [0.2, 0.25) is 5.91 Å². The molecule has 0 radical (unpaired) electrons. The van der Waals surface area contributed by atoms with Gasteiger partial charge in [-0.05, 0) is 24.3 Å². The van der Waals surface area contributed by atoms with Crippen LogP contribution in [0.25, 0.3) is 10.2 Å². The zero-order valence-corrected chi connectivity index (χ0v) is 15.0. The Balaban J connectivity index is 0.00000264. The predicted octanol–water partition coefficient (Wildman–Crippen LogP) is 1.90. The lowest BCUT2D eigenvalue weighted by molar-refractivity contribution is -0.123. The third-order valence-electron chi connectivity index (χ3n) is 4.18. The van der Waals surface area contributed by atoms with E-state index in [0.717, 1.165) is 17.7 Å². The SMILES string of the molecule is CCC(CC)(CN)NC(=O)CCn1cnc2sccc2c1=O.Cl. The minimum atomic E-state index is -0.350. The van der Waals surface area contributed by atoms with E-state index in [1.807, 2.05) is 19.2 Å². The van der Waals surface area contributed by atoms with Crippen LogP contribution in [0.5, 0.6) is 0 Å². The van der Waals surface area contributed by atoms with Crippen molar-refractivity contribution in [3.8, 4) is 0 Å². The van der Waals surface area contributed by atoms with Crippen molar-refractivity contribution in [1.29, 1.82) is 0 Å². The smallest absolute Gasteiger partial charge is 0.262 e. The maximum Gasteiger partial charge on any atom is 0.262 e. The van der Waals surface area contributed by atoms with Crippen molar-refractivity contribution in [3.63, 3.8) is 0 Å². The summed E-state index contributed by atoms with van der Waals surface area (Å²) in [6.07, 6.45) is 3.31. The van der Waals surface area contributed by atoms with Crippen LogP contribution in [0.4, 0.5) is 0 Å². The Morgan fingerprint density at radius 3 is 2.74 bits per heavy atom. The first kappa shape index (κ1) is 19.6. The summed E-state index contributed by atoms with van der Waals surface area (Å²) in [6, 6.07) is 1.76. The highest BCUT2D eigenvalue weighted by molar-refractivity contribution is 7.16. The molecule has 0 aliphatic rings. The van der Waals surface area contributed by atoms with Crippen LogP contribution >= 0.6 is 23.7 Å². The number of aryl methyl sites for hydroxylation is 1. The molecule has 0 unspecified atom stereocenters. The van der Waals surface area contributed by atoms with E-state index in [1.54, 1.807) is 6.07 Å². The maximum absolute atomic E-state index is 12.2. The minimum absolute atomic E-state index is 0. The zero-order chi connectivity index (χ0) is 16.2. The standard InChI is InChI=1S/C15H22N4O2S.ClH/c1-3-15(4-2,9-16)18-12(20)5-7-19-10-17-13-11(14(19)21)6-8-22-13;/h6,8,10H,3-5,7,9,16H2,1-2H3,(H,18,20);1H. The number of halogens is 1. The van der Waals surface area contributed by atoms with Crippen LogP contribution in [-0.4, -0.2) is 27.5 Å². The lowest BCUT2D eigenvalue weighted by Gasteiger charge is -2.31. The molecule has 23 heavy (non-hydrogen) atoms. The first-order chi connectivity index (χ1) is 10.5. The van der Waals surface area contributed by atoms with Crippen LogP contribution in [-0.2, 0) is 11.3 Å². The molecule has 0 atom stereocenters. The number of nitrogens with two attached hydrogens (primary N) is 1. The molecule has 1 amide bonds. The molecule has 8 heteroatoms. The van der Waals surface area contributed by atoms with Crippen molar-refractivity contribution in [2.45, 2.75) is 45.2 Å². The van der Waals surface area contributed by atoms with Crippen LogP contribution in [0.3, 0.4) is 0 Å². The molecule has 2 heterocycles. The van der Waals surface area contributed by atoms with E-state index in [9.17, 15) is 9.59 Å². The molecule has 0 aliphatic heterocycles. The van der Waals surface area contributed by atoms with E-state index in [2.05, 4.69) is 10.3 Å². The van der Waals surface area contributed by atoms with Crippen molar-refractivity contribution in [2.75, 3.05) is 6.54 Å². The molecule has 0 saturated carbocycles. The molecule has 0 aliphatic carbocycles. The summed E-state index contributed by atoms with van der Waals surface area (Å²) in [5.74, 6) is -0.0912. The summed E-state index contributed by atoms with van der Waals surface area (Å²) >= 11 is 1.43. The van der Waals surface area contributed by atoms with Gasteiger partial charge in [-0.1, -0.05) is 13.8 Å². The number of aromatic nitrogens is 2. The molecule has 6 nitrogen and oxygen atoms in total. The fraction of sp³-hybridized carbons (Fsp3) is 0.533. The molecule has 3 N–H and O–H groups in total. The normalized spacial score (nSPS) is 11.3. The van der Waals surface area contributed by atoms with Gasteiger partial charge in [0.05, 0.1) is 17.3 Å². The number of amides is 1. The van der Waals surface area contributed by atoms with Crippen LogP contribution in [0.15, 0.2) is 22.6 Å². The van der Waals surface area contributed by atoms with Crippen LogP contribution < -0.4 is 16.6 Å². The highest BCUT2D eigenvalue weighted by Crippen LogP contribution is 2.14. The molecule has 128 valence electrons. The Bertz CT molecular complexity index is 701. The number of hydrogen-bond acceptors (Lipinski definition) is 5. The number of carbonyl (C=O) groups excluding carboxylic acids is 1. The second-order valence-corrected chi connectivity index (χ2v) is 6.27. The Labute approximate surface area is 145 Å². The Morgan fingerprint density at radius 1 is 1.43 bits per heavy atom. The molecule has 0 aromatic carbocycles. The second-order valence-electron chi connectivity index (χ2n) is 5.37. The van der Waals surface area contributed by atoms with E-state index < -0.39 is 0 Å². The van der Waals surface area contributed by atoms with Gasteiger partial charge in [-0.25, -0.2) is 4.98 Å². The highest BCUT2D eigenvalue weighted by Gasteiger charge is 2.25. The molecular formula is C15H23ClN4O2S. The van der Waals surface area contributed by atoms with Gasteiger partial charge in [0.1, 0.15) is 4.83 Å². The summed E-state index contributed by atoms with van der Waals surface area (Å²) in [5.41, 5.74) is 5.33. The zero-order valence-electron chi connectivity index (χ0n) is 13.4. The van der Waals surface area contributed by atoms with Crippen molar-refractivity contribution < 1.29 is 4.79 Å². The van der Waals surface area contributed by atoms with Gasteiger partial charge >= 0.3 is 0 Å². The molecule has 0 fully saturated rings. The third-order valence-corrected chi connectivity index (χ3v) is 5.00. The number of nitrogens with zero attached hydrogens (tertiary/aromatic N) is 2. The van der Waals surface area contributed by atoms with E-state index in [1.165, 1.54) is 22.2 Å². The molecule has 0 bridgehead atoms. The topological polar surface area (TPSA) is 90.0 Å². The lowest BCUT2D eigenvalue weighted by atomic mass is 9.93. The second kappa shape index (κ2) is 8.42. The quantitative estimate of drug-likeness (QED) is 0.791. The average molecular weight is 359 g/mol. The Kier molecular flexibility index (Phi) is 7.18. The Morgan fingerprint density at radius 2 is 2.13 bits per heavy atom. The van der Waals surface area contributed by atoms with E-state index in [4.69, 9.17) is 5.73 Å². The fourth-order valence-electron chi connectivity index (χ4n) is 2.40. The van der Waals surface area contributed by atoms with Gasteiger partial charge in [-0.15, -0.1) is 23.7 Å². The lowest BCUT2D eigenvalue weighted by Crippen LogP contribution is -2.53. The van der Waals surface area contributed by atoms with Gasteiger partial charge in [-0.3, -0.25) is 14.2 Å². The molecule has 2 aromatic heterocycles. The van der Waals surface area contributed by atoms with Crippen molar-refractivity contribution >= 4 is 39.9 Å². The summed E-state index contributed by atoms with van der Waals surface area (Å²) in [6.45, 7) is 4.75. The minimum Gasteiger partial charge on any atom is -0.349 e. The van der Waals surface area contributed by atoms with Crippen molar-refractivity contribution in [2.24, 2.45) is 5.73 Å². The summed E-state index contributed by atoms with van der Waals surface area (Å²) < 4.78 is 1.48. The molecule has 2 aromatic rings. The van der Waals surface area contributed by atoms with Gasteiger partial charge < -0.3 is 11.1 Å². The van der Waals surface area contributed by atoms with Gasteiger partial charge in [0.25, 0.3) is 5.56 Å². The van der Waals surface area contributed by atoms with E-state index in [0.29, 0.717) is 18.5 Å². The molecular weight excluding hydrogens is 336 g/mol. The summed E-state index contributed by atoms with van der Waals surface area (Å²) in [5, 5.41) is 5.45. The Hall–Kier alpha value is -1.44. The van der Waals surface area contributed by atoms with Gasteiger partial charge in [-0.2, -0.15) is 0 Å². The van der Waals surface area contributed by atoms with Gasteiger partial charge in [0, 0.05) is 19.5 Å². The number of carbonyl (C=O) groups is 1. The number of fused-ring (bicyclic) bond motifs is 1. The fourth-order valence-corrected chi connectivity index (χ4v) is 3.12. The van der Waals surface area contributed by atoms with Crippen LogP contribution in [0.1, 0.15) is 33.1 Å². The average Bonchev–Trinajstić information content (AvgIpc) is 3.01. The van der Waals surface area contributed by atoms with Gasteiger partial charge in [0.15, 0.2) is 0 Å². The monoisotopic (exact) mass is 358 g/mol. The summed E-state index contributed by atoms with van der Waals surface area (Å²) in [7, 11) is 0. The van der Waals surface area contributed by atoms with Crippen molar-refractivity contribution in [1.82, 2.24) is 14.9 Å². The van der Waals surface area contributed by atoms with Crippen LogP contribution in [0, 0.1) is 0 Å². The molecule has 0 saturated heterocycles. The predicted molar refractivity (Wildman–Crippen MR) is 96.3 cm³/mol. The number of hydrogen-bond donors (Lipinski definition) is 2.